The molecule has 2 fully saturated rings. The lowest BCUT2D eigenvalue weighted by molar-refractivity contribution is -0.142. The molecule has 3 rings (SSSR count). The Balaban J connectivity index is 2.05. The van der Waals surface area contributed by atoms with E-state index in [9.17, 15) is 4.79 Å². The number of methoxy groups -OCH3 is 1. The molecule has 0 aromatic carbocycles. The molecule has 0 saturated heterocycles. The zero-order valence-corrected chi connectivity index (χ0v) is 14.1. The summed E-state index contributed by atoms with van der Waals surface area (Å²) in [6.07, 6.45) is 10.4. The Bertz CT molecular complexity index is 476. The zero-order valence-electron chi connectivity index (χ0n) is 14.1. The van der Waals surface area contributed by atoms with Gasteiger partial charge >= 0.3 is 0 Å². The number of fused-ring (bicyclic) bond motifs is 3. The van der Waals surface area contributed by atoms with Gasteiger partial charge in [0.1, 0.15) is 5.78 Å². The maximum atomic E-state index is 12.4. The number of hydrogen-bond acceptors (Lipinski definition) is 2. The molecule has 0 aromatic heterocycles. The predicted octanol–water partition coefficient (Wildman–Crippen LogP) is 4.53. The summed E-state index contributed by atoms with van der Waals surface area (Å²) < 4.78 is 5.63. The first-order valence-corrected chi connectivity index (χ1v) is 8.60. The second-order valence-electron chi connectivity index (χ2n) is 8.38. The van der Waals surface area contributed by atoms with Crippen LogP contribution in [0, 0.1) is 22.2 Å². The Morgan fingerprint density at radius 2 is 2.00 bits per heavy atom. The first-order chi connectivity index (χ1) is 9.87. The fourth-order valence-electron chi connectivity index (χ4n) is 5.92. The van der Waals surface area contributed by atoms with E-state index < -0.39 is 0 Å². The van der Waals surface area contributed by atoms with Crippen molar-refractivity contribution in [1.82, 2.24) is 0 Å². The Hall–Kier alpha value is -0.630. The van der Waals surface area contributed by atoms with Gasteiger partial charge in [-0.3, -0.25) is 4.79 Å². The number of allylic oxidation sites excluding steroid dienone is 1. The van der Waals surface area contributed by atoms with Crippen molar-refractivity contribution in [3.8, 4) is 0 Å². The molecule has 2 saturated carbocycles. The van der Waals surface area contributed by atoms with Crippen LogP contribution >= 0.6 is 0 Å². The van der Waals surface area contributed by atoms with E-state index in [4.69, 9.17) is 4.74 Å². The van der Waals surface area contributed by atoms with Crippen LogP contribution in [0.3, 0.4) is 0 Å². The first-order valence-electron chi connectivity index (χ1n) is 8.60. The van der Waals surface area contributed by atoms with Crippen molar-refractivity contribution in [2.24, 2.45) is 22.2 Å². The fraction of sp³-hybridized carbons (Fsp3) is 0.842. The van der Waals surface area contributed by atoms with Crippen molar-refractivity contribution in [1.29, 1.82) is 0 Å². The SMILES string of the molecule is COC[C@]12CCCC=C1[C@@]1(C)CCC(=O)C(C)(C)[C@@H]1CC2. The molecule has 0 amide bonds. The van der Waals surface area contributed by atoms with Crippen LogP contribution in [-0.4, -0.2) is 19.5 Å². The number of hydrogen-bond donors (Lipinski definition) is 0. The molecule has 21 heavy (non-hydrogen) atoms. The Labute approximate surface area is 129 Å². The van der Waals surface area contributed by atoms with Gasteiger partial charge in [0.2, 0.25) is 0 Å². The Morgan fingerprint density at radius 1 is 1.24 bits per heavy atom. The normalized spacial score (nSPS) is 42.0. The van der Waals surface area contributed by atoms with Crippen LogP contribution in [-0.2, 0) is 9.53 Å². The minimum atomic E-state index is -0.162. The van der Waals surface area contributed by atoms with Gasteiger partial charge in [-0.2, -0.15) is 0 Å². The maximum absolute atomic E-state index is 12.4. The number of ether oxygens (including phenoxy) is 1. The van der Waals surface area contributed by atoms with E-state index in [-0.39, 0.29) is 16.2 Å². The molecule has 3 aliphatic rings. The molecule has 118 valence electrons. The van der Waals surface area contributed by atoms with Crippen molar-refractivity contribution in [3.05, 3.63) is 11.6 Å². The third-order valence-electron chi connectivity index (χ3n) is 6.96. The highest BCUT2D eigenvalue weighted by molar-refractivity contribution is 5.85. The molecule has 0 radical (unpaired) electrons. The molecule has 0 spiro atoms. The van der Waals surface area contributed by atoms with Gasteiger partial charge in [0, 0.05) is 24.4 Å². The van der Waals surface area contributed by atoms with Gasteiger partial charge in [-0.1, -0.05) is 32.4 Å². The third-order valence-corrected chi connectivity index (χ3v) is 6.96. The highest BCUT2D eigenvalue weighted by Crippen LogP contribution is 2.65. The van der Waals surface area contributed by atoms with Crippen molar-refractivity contribution in [3.63, 3.8) is 0 Å². The van der Waals surface area contributed by atoms with Crippen LogP contribution in [0.25, 0.3) is 0 Å². The molecule has 0 aliphatic heterocycles. The summed E-state index contributed by atoms with van der Waals surface area (Å²) in [5.74, 6) is 0.973. The number of ketones is 1. The summed E-state index contributed by atoms with van der Waals surface area (Å²) in [6, 6.07) is 0. The topological polar surface area (TPSA) is 26.3 Å². The molecular weight excluding hydrogens is 260 g/mol. The molecule has 3 atom stereocenters. The highest BCUT2D eigenvalue weighted by atomic mass is 16.5. The Morgan fingerprint density at radius 3 is 2.71 bits per heavy atom. The van der Waals surface area contributed by atoms with E-state index >= 15 is 0 Å². The lowest BCUT2D eigenvalue weighted by Gasteiger charge is -2.60. The average molecular weight is 290 g/mol. The molecule has 0 unspecified atom stereocenters. The zero-order chi connectivity index (χ0) is 15.3. The predicted molar refractivity (Wildman–Crippen MR) is 85.1 cm³/mol. The first kappa shape index (κ1) is 15.3. The maximum Gasteiger partial charge on any atom is 0.138 e. The van der Waals surface area contributed by atoms with Gasteiger partial charge in [-0.25, -0.2) is 0 Å². The fourth-order valence-corrected chi connectivity index (χ4v) is 5.92. The van der Waals surface area contributed by atoms with Crippen molar-refractivity contribution >= 4 is 5.78 Å². The largest absolute Gasteiger partial charge is 0.384 e. The van der Waals surface area contributed by atoms with Gasteiger partial charge in [-0.05, 0) is 49.9 Å². The van der Waals surface area contributed by atoms with Crippen LogP contribution in [0.15, 0.2) is 11.6 Å². The summed E-state index contributed by atoms with van der Waals surface area (Å²) in [5.41, 5.74) is 1.94. The summed E-state index contributed by atoms with van der Waals surface area (Å²) >= 11 is 0. The van der Waals surface area contributed by atoms with Gasteiger partial charge in [0.15, 0.2) is 0 Å². The summed E-state index contributed by atoms with van der Waals surface area (Å²) in [4.78, 5) is 12.4. The van der Waals surface area contributed by atoms with Crippen LogP contribution < -0.4 is 0 Å². The number of rotatable bonds is 2. The van der Waals surface area contributed by atoms with Gasteiger partial charge < -0.3 is 4.74 Å². The molecule has 3 aliphatic carbocycles. The quantitative estimate of drug-likeness (QED) is 0.698. The van der Waals surface area contributed by atoms with E-state index in [2.05, 4.69) is 26.8 Å². The monoisotopic (exact) mass is 290 g/mol. The molecule has 2 heteroatoms. The lowest BCUT2D eigenvalue weighted by Crippen LogP contribution is -2.55. The van der Waals surface area contributed by atoms with Crippen LogP contribution in [0.4, 0.5) is 0 Å². The minimum Gasteiger partial charge on any atom is -0.384 e. The highest BCUT2D eigenvalue weighted by Gasteiger charge is 2.59. The third kappa shape index (κ3) is 2.05. The van der Waals surface area contributed by atoms with Crippen molar-refractivity contribution in [2.45, 2.75) is 65.7 Å². The summed E-state index contributed by atoms with van der Waals surface area (Å²) in [5, 5.41) is 0. The van der Waals surface area contributed by atoms with Gasteiger partial charge in [0.05, 0.1) is 6.61 Å². The smallest absolute Gasteiger partial charge is 0.138 e. The summed E-state index contributed by atoms with van der Waals surface area (Å²) in [7, 11) is 1.84. The van der Waals surface area contributed by atoms with Crippen molar-refractivity contribution < 1.29 is 9.53 Å². The number of carbonyl (C=O) groups excluding carboxylic acids is 1. The second-order valence-corrected chi connectivity index (χ2v) is 8.38. The lowest BCUT2D eigenvalue weighted by atomic mass is 9.44. The summed E-state index contributed by atoms with van der Waals surface area (Å²) in [6.45, 7) is 7.66. The number of Topliss-reactive ketones (excluding diaryl/α,β-unsaturated/α-hetero) is 1. The number of carbonyl (C=O) groups is 1. The molecule has 2 nitrogen and oxygen atoms in total. The van der Waals surface area contributed by atoms with Crippen molar-refractivity contribution in [2.75, 3.05) is 13.7 Å². The molecule has 0 aromatic rings. The molecule has 0 bridgehead atoms. The van der Waals surface area contributed by atoms with E-state index in [1.54, 1.807) is 5.57 Å². The standard InChI is InChI=1S/C19H30O2/c1-17(2)14-8-12-19(13-21-4)10-6-5-7-15(19)18(14,3)11-9-16(17)20/h7,14H,5-6,8-13H2,1-4H3/t14-,18-,19+/m0/s1. The average Bonchev–Trinajstić information content (AvgIpc) is 2.44. The van der Waals surface area contributed by atoms with E-state index in [0.29, 0.717) is 11.7 Å². The molecular formula is C19H30O2. The second kappa shape index (κ2) is 4.94. The Kier molecular flexibility index (Phi) is 3.59. The van der Waals surface area contributed by atoms with Crippen LogP contribution in [0.2, 0.25) is 0 Å². The minimum absolute atomic E-state index is 0.162. The van der Waals surface area contributed by atoms with E-state index in [1.165, 1.54) is 32.1 Å². The molecule has 0 N–H and O–H groups in total. The van der Waals surface area contributed by atoms with Crippen LogP contribution in [0.5, 0.6) is 0 Å². The van der Waals surface area contributed by atoms with Gasteiger partial charge in [-0.15, -0.1) is 0 Å². The molecule has 0 heterocycles. The van der Waals surface area contributed by atoms with Gasteiger partial charge in [0.25, 0.3) is 0 Å². The van der Waals surface area contributed by atoms with E-state index in [0.717, 1.165) is 19.4 Å². The van der Waals surface area contributed by atoms with E-state index in [1.807, 2.05) is 7.11 Å². The van der Waals surface area contributed by atoms with Crippen LogP contribution in [0.1, 0.15) is 65.7 Å².